The van der Waals surface area contributed by atoms with Gasteiger partial charge in [-0.2, -0.15) is 0 Å². The Morgan fingerprint density at radius 2 is 1.70 bits per heavy atom. The van der Waals surface area contributed by atoms with Crippen LogP contribution in [0.1, 0.15) is 32.8 Å². The van der Waals surface area contributed by atoms with Crippen LogP contribution in [0.3, 0.4) is 0 Å². The Morgan fingerprint density at radius 1 is 1.09 bits per heavy atom. The van der Waals surface area contributed by atoms with Crippen LogP contribution >= 0.6 is 23.8 Å². The lowest BCUT2D eigenvalue weighted by atomic mass is 9.79. The van der Waals surface area contributed by atoms with Gasteiger partial charge in [-0.3, -0.25) is 0 Å². The molecule has 2 nitrogen and oxygen atoms in total. The van der Waals surface area contributed by atoms with Gasteiger partial charge in [0.15, 0.2) is 5.11 Å². The third-order valence-electron chi connectivity index (χ3n) is 3.87. The van der Waals surface area contributed by atoms with Gasteiger partial charge in [-0.1, -0.05) is 67.9 Å². The van der Waals surface area contributed by atoms with Gasteiger partial charge in [0, 0.05) is 6.04 Å². The van der Waals surface area contributed by atoms with Gasteiger partial charge in [-0.05, 0) is 48.7 Å². The third-order valence-corrected chi connectivity index (χ3v) is 4.42. The lowest BCUT2D eigenvalue weighted by Gasteiger charge is -2.29. The molecule has 122 valence electrons. The van der Waals surface area contributed by atoms with E-state index in [-0.39, 0.29) is 11.5 Å². The molecule has 0 unspecified atom stereocenters. The number of anilines is 1. The maximum Gasteiger partial charge on any atom is 0.171 e. The third kappa shape index (κ3) is 5.22. The summed E-state index contributed by atoms with van der Waals surface area (Å²) < 4.78 is 0. The van der Waals surface area contributed by atoms with Crippen molar-refractivity contribution >= 4 is 34.6 Å². The molecular formula is C19H23ClN2S. The van der Waals surface area contributed by atoms with Gasteiger partial charge in [0.05, 0.1) is 10.7 Å². The second-order valence-electron chi connectivity index (χ2n) is 6.43. The molecule has 2 N–H and O–H groups in total. The van der Waals surface area contributed by atoms with Gasteiger partial charge in [0.25, 0.3) is 0 Å². The second kappa shape index (κ2) is 7.80. The van der Waals surface area contributed by atoms with Crippen molar-refractivity contribution in [2.45, 2.75) is 38.6 Å². The molecule has 2 aromatic carbocycles. The molecule has 0 fully saturated rings. The highest BCUT2D eigenvalue weighted by atomic mass is 35.5. The number of rotatable bonds is 5. The molecular weight excluding hydrogens is 324 g/mol. The van der Waals surface area contributed by atoms with Crippen molar-refractivity contribution in [2.75, 3.05) is 5.32 Å². The Bertz CT molecular complexity index is 655. The summed E-state index contributed by atoms with van der Waals surface area (Å²) in [6, 6.07) is 18.4. The molecule has 0 bridgehead atoms. The summed E-state index contributed by atoms with van der Waals surface area (Å²) in [5, 5.41) is 7.75. The molecule has 0 aliphatic carbocycles. The van der Waals surface area contributed by atoms with Crippen molar-refractivity contribution in [2.24, 2.45) is 0 Å². The van der Waals surface area contributed by atoms with E-state index in [4.69, 9.17) is 23.8 Å². The maximum atomic E-state index is 6.14. The molecule has 2 rings (SSSR count). The molecule has 0 saturated carbocycles. The summed E-state index contributed by atoms with van der Waals surface area (Å²) in [6.07, 6.45) is 0.974. The van der Waals surface area contributed by atoms with Crippen LogP contribution in [0.2, 0.25) is 5.02 Å². The fourth-order valence-electron chi connectivity index (χ4n) is 2.77. The maximum absolute atomic E-state index is 6.14. The van der Waals surface area contributed by atoms with Crippen molar-refractivity contribution in [1.29, 1.82) is 0 Å². The Morgan fingerprint density at radius 3 is 2.35 bits per heavy atom. The van der Waals surface area contributed by atoms with Crippen LogP contribution in [-0.2, 0) is 5.41 Å². The van der Waals surface area contributed by atoms with Crippen molar-refractivity contribution in [3.8, 4) is 0 Å². The molecule has 0 aromatic heterocycles. The number of thiocarbonyl (C=S) groups is 1. The second-order valence-corrected chi connectivity index (χ2v) is 7.25. The summed E-state index contributed by atoms with van der Waals surface area (Å²) in [4.78, 5) is 0. The van der Waals surface area contributed by atoms with E-state index < -0.39 is 0 Å². The summed E-state index contributed by atoms with van der Waals surface area (Å²) in [7, 11) is 0. The van der Waals surface area contributed by atoms with Crippen LogP contribution in [0.15, 0.2) is 54.6 Å². The van der Waals surface area contributed by atoms with Crippen LogP contribution in [0.4, 0.5) is 5.69 Å². The minimum atomic E-state index is 0.0771. The van der Waals surface area contributed by atoms with Crippen LogP contribution < -0.4 is 10.6 Å². The first-order valence-electron chi connectivity index (χ1n) is 7.76. The minimum absolute atomic E-state index is 0.0771. The van der Waals surface area contributed by atoms with E-state index in [1.165, 1.54) is 5.56 Å². The van der Waals surface area contributed by atoms with Gasteiger partial charge in [-0.25, -0.2) is 0 Å². The monoisotopic (exact) mass is 346 g/mol. The molecule has 0 aliphatic rings. The fourth-order valence-corrected chi connectivity index (χ4v) is 3.26. The number of halogens is 1. The quantitative estimate of drug-likeness (QED) is 0.710. The number of para-hydroxylation sites is 1. The first kappa shape index (κ1) is 17.8. The molecule has 0 amide bonds. The normalized spacial score (nSPS) is 12.5. The number of hydrogen-bond acceptors (Lipinski definition) is 1. The van der Waals surface area contributed by atoms with Gasteiger partial charge >= 0.3 is 0 Å². The molecule has 0 heterocycles. The van der Waals surface area contributed by atoms with E-state index in [1.54, 1.807) is 0 Å². The molecule has 0 radical (unpaired) electrons. The Labute approximate surface area is 149 Å². The summed E-state index contributed by atoms with van der Waals surface area (Å²) >= 11 is 11.5. The summed E-state index contributed by atoms with van der Waals surface area (Å²) in [5.74, 6) is 0. The predicted molar refractivity (Wildman–Crippen MR) is 104 cm³/mol. The molecule has 0 spiro atoms. The molecule has 4 heteroatoms. The lowest BCUT2D eigenvalue weighted by molar-refractivity contribution is 0.420. The highest BCUT2D eigenvalue weighted by Gasteiger charge is 2.23. The Hall–Kier alpha value is -1.58. The fraction of sp³-hybridized carbons (Fsp3) is 0.316. The van der Waals surface area contributed by atoms with Crippen LogP contribution in [-0.4, -0.2) is 11.2 Å². The zero-order valence-electron chi connectivity index (χ0n) is 13.8. The molecule has 1 atom stereocenters. The highest BCUT2D eigenvalue weighted by molar-refractivity contribution is 7.80. The largest absolute Gasteiger partial charge is 0.360 e. The number of hydrogen-bond donors (Lipinski definition) is 2. The predicted octanol–water partition coefficient (Wildman–Crippen LogP) is 5.38. The van der Waals surface area contributed by atoms with Crippen molar-refractivity contribution in [3.05, 3.63) is 65.2 Å². The molecule has 23 heavy (non-hydrogen) atoms. The first-order valence-corrected chi connectivity index (χ1v) is 8.55. The zero-order valence-corrected chi connectivity index (χ0v) is 15.3. The van der Waals surface area contributed by atoms with E-state index >= 15 is 0 Å². The average Bonchev–Trinajstić information content (AvgIpc) is 2.50. The molecule has 2 aromatic rings. The van der Waals surface area contributed by atoms with E-state index in [2.05, 4.69) is 55.7 Å². The summed E-state index contributed by atoms with van der Waals surface area (Å²) in [5.41, 5.74) is 2.23. The SMILES string of the molecule is C[C@H](CC(C)(C)c1ccccc1)NC(=S)Nc1ccccc1Cl. The van der Waals surface area contributed by atoms with Gasteiger partial charge in [-0.15, -0.1) is 0 Å². The first-order chi connectivity index (χ1) is 10.9. The number of benzene rings is 2. The Balaban J connectivity index is 1.93. The summed E-state index contributed by atoms with van der Waals surface area (Å²) in [6.45, 7) is 6.65. The van der Waals surface area contributed by atoms with Gasteiger partial charge < -0.3 is 10.6 Å². The lowest BCUT2D eigenvalue weighted by Crippen LogP contribution is -2.39. The smallest absolute Gasteiger partial charge is 0.171 e. The van der Waals surface area contributed by atoms with Crippen molar-refractivity contribution in [1.82, 2.24) is 5.32 Å². The minimum Gasteiger partial charge on any atom is -0.360 e. The van der Waals surface area contributed by atoms with Gasteiger partial charge in [0.2, 0.25) is 0 Å². The number of nitrogens with one attached hydrogen (secondary N) is 2. The highest BCUT2D eigenvalue weighted by Crippen LogP contribution is 2.28. The molecule has 0 aliphatic heterocycles. The van der Waals surface area contributed by atoms with Crippen molar-refractivity contribution in [3.63, 3.8) is 0 Å². The molecule has 0 saturated heterocycles. The van der Waals surface area contributed by atoms with Crippen LogP contribution in [0.5, 0.6) is 0 Å². The van der Waals surface area contributed by atoms with Crippen molar-refractivity contribution < 1.29 is 0 Å². The van der Waals surface area contributed by atoms with E-state index in [0.29, 0.717) is 10.1 Å². The van der Waals surface area contributed by atoms with Crippen LogP contribution in [0.25, 0.3) is 0 Å². The van der Waals surface area contributed by atoms with E-state index in [1.807, 2.05) is 30.3 Å². The standard InChI is InChI=1S/C19H23ClN2S/c1-14(13-19(2,3)15-9-5-4-6-10-15)21-18(23)22-17-12-8-7-11-16(17)20/h4-12,14H,13H2,1-3H3,(H2,21,22,23)/t14-/m1/s1. The average molecular weight is 347 g/mol. The topological polar surface area (TPSA) is 24.1 Å². The Kier molecular flexibility index (Phi) is 6.03. The van der Waals surface area contributed by atoms with Gasteiger partial charge in [0.1, 0.15) is 0 Å². The van der Waals surface area contributed by atoms with E-state index in [9.17, 15) is 0 Å². The van der Waals surface area contributed by atoms with Crippen LogP contribution in [0, 0.1) is 0 Å². The zero-order chi connectivity index (χ0) is 16.9. The van der Waals surface area contributed by atoms with E-state index in [0.717, 1.165) is 12.1 Å².